The molecule has 0 saturated carbocycles. The Kier molecular flexibility index (Phi) is 4.09. The summed E-state index contributed by atoms with van der Waals surface area (Å²) in [7, 11) is 0. The minimum absolute atomic E-state index is 0.215. The van der Waals surface area contributed by atoms with Crippen molar-refractivity contribution in [1.82, 2.24) is 10.3 Å². The lowest BCUT2D eigenvalue weighted by Gasteiger charge is -2.05. The van der Waals surface area contributed by atoms with E-state index in [1.165, 1.54) is 10.9 Å². The van der Waals surface area contributed by atoms with E-state index in [2.05, 4.69) is 24.1 Å². The van der Waals surface area contributed by atoms with Gasteiger partial charge in [0, 0.05) is 29.2 Å². The number of hydrogen-bond donors (Lipinski definition) is 1. The standard InChI is InChI=1S/C14H17FN2S/c1-9(2)16-7-12-8-17-14(18-12)13-6-11(15)5-4-10(13)3/h4-6,8-9,16H,7H2,1-3H3. The van der Waals surface area contributed by atoms with Gasteiger partial charge in [0.1, 0.15) is 10.8 Å². The Bertz CT molecular complexity index is 534. The van der Waals surface area contributed by atoms with Gasteiger partial charge in [-0.25, -0.2) is 9.37 Å². The third-order valence-corrected chi connectivity index (χ3v) is 3.70. The van der Waals surface area contributed by atoms with Crippen molar-refractivity contribution < 1.29 is 4.39 Å². The van der Waals surface area contributed by atoms with Crippen molar-refractivity contribution in [2.45, 2.75) is 33.4 Å². The Labute approximate surface area is 111 Å². The Morgan fingerprint density at radius 3 is 2.89 bits per heavy atom. The number of nitrogens with one attached hydrogen (secondary N) is 1. The highest BCUT2D eigenvalue weighted by molar-refractivity contribution is 7.15. The maximum absolute atomic E-state index is 13.3. The quantitative estimate of drug-likeness (QED) is 0.909. The van der Waals surface area contributed by atoms with Gasteiger partial charge in [-0.1, -0.05) is 19.9 Å². The van der Waals surface area contributed by atoms with Gasteiger partial charge in [-0.2, -0.15) is 0 Å². The van der Waals surface area contributed by atoms with Crippen molar-refractivity contribution >= 4 is 11.3 Å². The molecule has 0 saturated heterocycles. The van der Waals surface area contributed by atoms with Gasteiger partial charge < -0.3 is 5.32 Å². The van der Waals surface area contributed by atoms with Crippen molar-refractivity contribution in [3.63, 3.8) is 0 Å². The van der Waals surface area contributed by atoms with Gasteiger partial charge in [0.05, 0.1) is 0 Å². The number of aromatic nitrogens is 1. The van der Waals surface area contributed by atoms with E-state index < -0.39 is 0 Å². The maximum atomic E-state index is 13.3. The lowest BCUT2D eigenvalue weighted by atomic mass is 10.1. The summed E-state index contributed by atoms with van der Waals surface area (Å²) in [6.07, 6.45) is 1.86. The number of rotatable bonds is 4. The fourth-order valence-electron chi connectivity index (χ4n) is 1.64. The third kappa shape index (κ3) is 3.15. The molecule has 1 N–H and O–H groups in total. The van der Waals surface area contributed by atoms with E-state index in [1.807, 2.05) is 13.1 Å². The zero-order valence-corrected chi connectivity index (χ0v) is 11.6. The smallest absolute Gasteiger partial charge is 0.123 e. The Morgan fingerprint density at radius 2 is 2.17 bits per heavy atom. The zero-order chi connectivity index (χ0) is 13.1. The molecule has 4 heteroatoms. The minimum atomic E-state index is -0.215. The maximum Gasteiger partial charge on any atom is 0.123 e. The average Bonchev–Trinajstić information content (AvgIpc) is 2.78. The monoisotopic (exact) mass is 264 g/mol. The van der Waals surface area contributed by atoms with E-state index in [0.717, 1.165) is 22.7 Å². The highest BCUT2D eigenvalue weighted by Gasteiger charge is 2.08. The summed E-state index contributed by atoms with van der Waals surface area (Å²) in [6, 6.07) is 5.27. The van der Waals surface area contributed by atoms with Gasteiger partial charge >= 0.3 is 0 Å². The molecule has 0 aliphatic rings. The largest absolute Gasteiger partial charge is 0.310 e. The minimum Gasteiger partial charge on any atom is -0.310 e. The predicted molar refractivity (Wildman–Crippen MR) is 74.2 cm³/mol. The summed E-state index contributed by atoms with van der Waals surface area (Å²) >= 11 is 1.61. The predicted octanol–water partition coefficient (Wildman–Crippen LogP) is 3.76. The molecule has 0 spiro atoms. The fraction of sp³-hybridized carbons (Fsp3) is 0.357. The highest BCUT2D eigenvalue weighted by Crippen LogP contribution is 2.28. The SMILES string of the molecule is Cc1ccc(F)cc1-c1ncc(CNC(C)C)s1. The second kappa shape index (κ2) is 5.59. The molecule has 1 aromatic carbocycles. The summed E-state index contributed by atoms with van der Waals surface area (Å²) in [6.45, 7) is 7.00. The highest BCUT2D eigenvalue weighted by atomic mass is 32.1. The number of thiazole rings is 1. The lowest BCUT2D eigenvalue weighted by molar-refractivity contribution is 0.593. The van der Waals surface area contributed by atoms with Crippen molar-refractivity contribution in [2.75, 3.05) is 0 Å². The Balaban J connectivity index is 2.21. The number of hydrogen-bond acceptors (Lipinski definition) is 3. The van der Waals surface area contributed by atoms with Gasteiger partial charge in [0.2, 0.25) is 0 Å². The zero-order valence-electron chi connectivity index (χ0n) is 10.8. The molecule has 0 radical (unpaired) electrons. The normalized spacial score (nSPS) is 11.2. The molecule has 0 atom stereocenters. The summed E-state index contributed by atoms with van der Waals surface area (Å²) < 4.78 is 13.3. The van der Waals surface area contributed by atoms with Crippen LogP contribution in [0.2, 0.25) is 0 Å². The molecule has 0 amide bonds. The van der Waals surface area contributed by atoms with E-state index in [1.54, 1.807) is 23.5 Å². The summed E-state index contributed by atoms with van der Waals surface area (Å²) in [5.74, 6) is -0.215. The summed E-state index contributed by atoms with van der Waals surface area (Å²) in [5, 5.41) is 4.23. The van der Waals surface area contributed by atoms with E-state index in [-0.39, 0.29) is 5.82 Å². The van der Waals surface area contributed by atoms with Crippen LogP contribution in [-0.2, 0) is 6.54 Å². The van der Waals surface area contributed by atoms with Gasteiger partial charge in [-0.15, -0.1) is 11.3 Å². The molecule has 2 aromatic rings. The van der Waals surface area contributed by atoms with Crippen LogP contribution in [-0.4, -0.2) is 11.0 Å². The summed E-state index contributed by atoms with van der Waals surface area (Å²) in [5.41, 5.74) is 1.94. The van der Waals surface area contributed by atoms with Crippen LogP contribution in [0.3, 0.4) is 0 Å². The van der Waals surface area contributed by atoms with Gasteiger partial charge in [0.15, 0.2) is 0 Å². The Hall–Kier alpha value is -1.26. The lowest BCUT2D eigenvalue weighted by Crippen LogP contribution is -2.21. The molecule has 1 aromatic heterocycles. The number of aryl methyl sites for hydroxylation is 1. The van der Waals surface area contributed by atoms with Crippen LogP contribution in [0.4, 0.5) is 4.39 Å². The van der Waals surface area contributed by atoms with Crippen molar-refractivity contribution in [1.29, 1.82) is 0 Å². The molecular formula is C14H17FN2S. The fourth-order valence-corrected chi connectivity index (χ4v) is 2.59. The molecule has 96 valence electrons. The second-order valence-electron chi connectivity index (χ2n) is 4.63. The van der Waals surface area contributed by atoms with Crippen LogP contribution in [0, 0.1) is 12.7 Å². The van der Waals surface area contributed by atoms with Crippen LogP contribution in [0.25, 0.3) is 10.6 Å². The molecule has 0 aliphatic carbocycles. The molecule has 0 aliphatic heterocycles. The van der Waals surface area contributed by atoms with Crippen molar-refractivity contribution in [3.8, 4) is 10.6 Å². The van der Waals surface area contributed by atoms with Crippen LogP contribution < -0.4 is 5.32 Å². The topological polar surface area (TPSA) is 24.9 Å². The first-order valence-electron chi connectivity index (χ1n) is 6.01. The summed E-state index contributed by atoms with van der Waals surface area (Å²) in [4.78, 5) is 5.55. The van der Waals surface area contributed by atoms with Gasteiger partial charge in [-0.3, -0.25) is 0 Å². The molecule has 18 heavy (non-hydrogen) atoms. The molecule has 2 rings (SSSR count). The van der Waals surface area contributed by atoms with E-state index in [9.17, 15) is 4.39 Å². The third-order valence-electron chi connectivity index (χ3n) is 2.67. The number of nitrogens with zero attached hydrogens (tertiary/aromatic N) is 1. The first kappa shape index (κ1) is 13.2. The molecule has 0 bridgehead atoms. The van der Waals surface area contributed by atoms with E-state index in [4.69, 9.17) is 0 Å². The van der Waals surface area contributed by atoms with Crippen molar-refractivity contribution in [2.24, 2.45) is 0 Å². The van der Waals surface area contributed by atoms with E-state index >= 15 is 0 Å². The Morgan fingerprint density at radius 1 is 1.39 bits per heavy atom. The second-order valence-corrected chi connectivity index (χ2v) is 5.74. The van der Waals surface area contributed by atoms with E-state index in [0.29, 0.717) is 6.04 Å². The van der Waals surface area contributed by atoms with Gasteiger partial charge in [0.25, 0.3) is 0 Å². The number of benzene rings is 1. The molecule has 1 heterocycles. The number of halogens is 1. The van der Waals surface area contributed by atoms with Crippen LogP contribution in [0.1, 0.15) is 24.3 Å². The van der Waals surface area contributed by atoms with Crippen LogP contribution >= 0.6 is 11.3 Å². The van der Waals surface area contributed by atoms with Crippen LogP contribution in [0.15, 0.2) is 24.4 Å². The molecular weight excluding hydrogens is 247 g/mol. The molecule has 0 fully saturated rings. The van der Waals surface area contributed by atoms with Crippen molar-refractivity contribution in [3.05, 3.63) is 40.7 Å². The average molecular weight is 264 g/mol. The van der Waals surface area contributed by atoms with Gasteiger partial charge in [-0.05, 0) is 24.6 Å². The first-order valence-corrected chi connectivity index (χ1v) is 6.82. The molecule has 2 nitrogen and oxygen atoms in total. The molecule has 0 unspecified atom stereocenters. The van der Waals surface area contributed by atoms with Crippen LogP contribution in [0.5, 0.6) is 0 Å². The first-order chi connectivity index (χ1) is 8.56.